The number of imidazole rings is 1. The highest BCUT2D eigenvalue weighted by molar-refractivity contribution is 7.92. The summed E-state index contributed by atoms with van der Waals surface area (Å²) in [7, 11) is -3.88. The maximum atomic E-state index is 13.1. The number of unbranched alkanes of at least 4 members (excludes halogenated alkanes) is 2. The van der Waals surface area contributed by atoms with Gasteiger partial charge in [-0.05, 0) is 48.9 Å². The molecule has 0 fully saturated rings. The van der Waals surface area contributed by atoms with E-state index in [1.54, 1.807) is 22.8 Å². The average molecular weight is 419 g/mol. The molecule has 2 aromatic carbocycles. The molecule has 0 saturated heterocycles. The zero-order chi connectivity index (χ0) is 21.0. The first kappa shape index (κ1) is 20.8. The number of aryl methyl sites for hydroxylation is 1. The van der Waals surface area contributed by atoms with Crippen LogP contribution in [0.5, 0.6) is 0 Å². The Hall–Kier alpha value is -2.94. The second-order valence-corrected chi connectivity index (χ2v) is 8.41. The van der Waals surface area contributed by atoms with Crippen LogP contribution >= 0.6 is 0 Å². The molecule has 154 valence electrons. The standard InChI is InChI=1S/C20H22FN3O4S/c1-2-3-4-5-19-22-17-12-15(8-11-18(17)24(19)13-20(25)26)23-29(27,28)16-9-6-14(21)7-10-16/h6-12,23H,2-5,13H2,1H3,(H,25,26). The Morgan fingerprint density at radius 3 is 2.55 bits per heavy atom. The summed E-state index contributed by atoms with van der Waals surface area (Å²) in [6, 6.07) is 9.30. The molecule has 0 aliphatic carbocycles. The predicted molar refractivity (Wildman–Crippen MR) is 108 cm³/mol. The smallest absolute Gasteiger partial charge is 0.323 e. The number of hydrogen-bond acceptors (Lipinski definition) is 4. The Morgan fingerprint density at radius 1 is 1.17 bits per heavy atom. The number of rotatable bonds is 9. The molecule has 2 N–H and O–H groups in total. The molecule has 0 bridgehead atoms. The number of aromatic nitrogens is 2. The highest BCUT2D eigenvalue weighted by Crippen LogP contribution is 2.24. The van der Waals surface area contributed by atoms with Crippen LogP contribution < -0.4 is 4.72 Å². The van der Waals surface area contributed by atoms with Crippen LogP contribution in [0.1, 0.15) is 32.0 Å². The van der Waals surface area contributed by atoms with E-state index in [2.05, 4.69) is 16.6 Å². The number of aliphatic carboxylic acids is 1. The number of carbonyl (C=O) groups is 1. The molecule has 0 aliphatic heterocycles. The molecule has 0 spiro atoms. The van der Waals surface area contributed by atoms with Gasteiger partial charge in [-0.3, -0.25) is 9.52 Å². The van der Waals surface area contributed by atoms with Gasteiger partial charge in [0.2, 0.25) is 0 Å². The molecule has 0 atom stereocenters. The van der Waals surface area contributed by atoms with E-state index in [0.717, 1.165) is 31.4 Å². The molecule has 0 aliphatic rings. The van der Waals surface area contributed by atoms with E-state index >= 15 is 0 Å². The fourth-order valence-corrected chi connectivity index (χ4v) is 4.16. The molecular weight excluding hydrogens is 397 g/mol. The van der Waals surface area contributed by atoms with Crippen molar-refractivity contribution < 1.29 is 22.7 Å². The number of hydrogen-bond donors (Lipinski definition) is 2. The lowest BCUT2D eigenvalue weighted by Gasteiger charge is -2.09. The summed E-state index contributed by atoms with van der Waals surface area (Å²) >= 11 is 0. The van der Waals surface area contributed by atoms with Crippen molar-refractivity contribution in [2.45, 2.75) is 44.0 Å². The van der Waals surface area contributed by atoms with Crippen molar-refractivity contribution in [1.82, 2.24) is 9.55 Å². The quantitative estimate of drug-likeness (QED) is 0.514. The minimum absolute atomic E-state index is 0.0596. The number of carboxylic acids is 1. The maximum absolute atomic E-state index is 13.1. The van der Waals surface area contributed by atoms with E-state index in [9.17, 15) is 22.7 Å². The third kappa shape index (κ3) is 4.92. The van der Waals surface area contributed by atoms with Crippen molar-refractivity contribution >= 4 is 32.7 Å². The van der Waals surface area contributed by atoms with Crippen LogP contribution in [0.2, 0.25) is 0 Å². The van der Waals surface area contributed by atoms with Gasteiger partial charge in [-0.1, -0.05) is 19.8 Å². The van der Waals surface area contributed by atoms with Crippen molar-refractivity contribution in [2.24, 2.45) is 0 Å². The molecule has 7 nitrogen and oxygen atoms in total. The van der Waals surface area contributed by atoms with Crippen LogP contribution in [0.25, 0.3) is 11.0 Å². The Kier molecular flexibility index (Phi) is 6.17. The first-order valence-corrected chi connectivity index (χ1v) is 10.8. The average Bonchev–Trinajstić information content (AvgIpc) is 2.98. The summed E-state index contributed by atoms with van der Waals surface area (Å²) in [4.78, 5) is 15.7. The molecule has 0 saturated carbocycles. The normalized spacial score (nSPS) is 11.7. The summed E-state index contributed by atoms with van der Waals surface area (Å²) in [5.41, 5.74) is 1.43. The van der Waals surface area contributed by atoms with Gasteiger partial charge < -0.3 is 9.67 Å². The summed E-state index contributed by atoms with van der Waals surface area (Å²) in [5, 5.41) is 9.23. The summed E-state index contributed by atoms with van der Waals surface area (Å²) in [5.74, 6) is -0.832. The molecule has 1 heterocycles. The van der Waals surface area contributed by atoms with Crippen LogP contribution in [-0.2, 0) is 27.8 Å². The van der Waals surface area contributed by atoms with Gasteiger partial charge in [-0.15, -0.1) is 0 Å². The van der Waals surface area contributed by atoms with Crippen LogP contribution in [0.4, 0.5) is 10.1 Å². The number of carboxylic acid groups (broad SMARTS) is 1. The molecule has 3 rings (SSSR count). The lowest BCUT2D eigenvalue weighted by Crippen LogP contribution is -2.13. The molecule has 0 unspecified atom stereocenters. The van der Waals surface area contributed by atoms with Crippen LogP contribution in [0.15, 0.2) is 47.4 Å². The van der Waals surface area contributed by atoms with Crippen molar-refractivity contribution in [3.8, 4) is 0 Å². The third-order valence-electron chi connectivity index (χ3n) is 4.50. The van der Waals surface area contributed by atoms with E-state index in [0.29, 0.717) is 29.0 Å². The van der Waals surface area contributed by atoms with Crippen molar-refractivity contribution in [1.29, 1.82) is 0 Å². The molecule has 29 heavy (non-hydrogen) atoms. The summed E-state index contributed by atoms with van der Waals surface area (Å²) in [6.45, 7) is 1.87. The minimum atomic E-state index is -3.88. The van der Waals surface area contributed by atoms with Gasteiger partial charge in [0.1, 0.15) is 18.2 Å². The van der Waals surface area contributed by atoms with E-state index < -0.39 is 21.8 Å². The summed E-state index contributed by atoms with van der Waals surface area (Å²) < 4.78 is 42.2. The lowest BCUT2D eigenvalue weighted by atomic mass is 10.2. The monoisotopic (exact) mass is 419 g/mol. The van der Waals surface area contributed by atoms with Crippen LogP contribution in [0.3, 0.4) is 0 Å². The Bertz CT molecular complexity index is 1120. The molecule has 9 heteroatoms. The minimum Gasteiger partial charge on any atom is -0.480 e. The SMILES string of the molecule is CCCCCc1nc2cc(NS(=O)(=O)c3ccc(F)cc3)ccc2n1CC(=O)O. The number of nitrogens with one attached hydrogen (secondary N) is 1. The molecular formula is C20H22FN3O4S. The molecule has 1 aromatic heterocycles. The highest BCUT2D eigenvalue weighted by atomic mass is 32.2. The number of halogens is 1. The van der Waals surface area contributed by atoms with E-state index in [4.69, 9.17) is 0 Å². The number of fused-ring (bicyclic) bond motifs is 1. The van der Waals surface area contributed by atoms with E-state index in [1.807, 2.05) is 0 Å². The third-order valence-corrected chi connectivity index (χ3v) is 5.90. The van der Waals surface area contributed by atoms with Crippen molar-refractivity contribution in [3.05, 3.63) is 54.1 Å². The Labute approximate surface area is 168 Å². The number of anilines is 1. The number of nitrogens with zero attached hydrogens (tertiary/aromatic N) is 2. The molecule has 0 radical (unpaired) electrons. The highest BCUT2D eigenvalue weighted by Gasteiger charge is 2.17. The van der Waals surface area contributed by atoms with Crippen molar-refractivity contribution in [2.75, 3.05) is 4.72 Å². The zero-order valence-electron chi connectivity index (χ0n) is 15.9. The first-order valence-electron chi connectivity index (χ1n) is 9.29. The Balaban J connectivity index is 1.92. The number of benzene rings is 2. The number of sulfonamides is 1. The van der Waals surface area contributed by atoms with Crippen molar-refractivity contribution in [3.63, 3.8) is 0 Å². The maximum Gasteiger partial charge on any atom is 0.323 e. The second-order valence-electron chi connectivity index (χ2n) is 6.73. The second kappa shape index (κ2) is 8.60. The van der Waals surface area contributed by atoms with Gasteiger partial charge in [0, 0.05) is 6.42 Å². The summed E-state index contributed by atoms with van der Waals surface area (Å²) in [6.07, 6.45) is 3.59. The first-order chi connectivity index (χ1) is 13.8. The fraction of sp³-hybridized carbons (Fsp3) is 0.300. The fourth-order valence-electron chi connectivity index (χ4n) is 3.11. The molecule has 3 aromatic rings. The van der Waals surface area contributed by atoms with Gasteiger partial charge >= 0.3 is 5.97 Å². The molecule has 0 amide bonds. The van der Waals surface area contributed by atoms with Gasteiger partial charge in [-0.2, -0.15) is 0 Å². The Morgan fingerprint density at radius 2 is 1.90 bits per heavy atom. The van der Waals surface area contributed by atoms with Crippen LogP contribution in [-0.4, -0.2) is 29.0 Å². The van der Waals surface area contributed by atoms with Crippen LogP contribution in [0, 0.1) is 5.82 Å². The topological polar surface area (TPSA) is 101 Å². The van der Waals surface area contributed by atoms with Gasteiger partial charge in [0.25, 0.3) is 10.0 Å². The predicted octanol–water partition coefficient (Wildman–Crippen LogP) is 3.79. The van der Waals surface area contributed by atoms with Gasteiger partial charge in [0.15, 0.2) is 0 Å². The van der Waals surface area contributed by atoms with E-state index in [1.165, 1.54) is 12.1 Å². The largest absolute Gasteiger partial charge is 0.480 e. The van der Waals surface area contributed by atoms with E-state index in [-0.39, 0.29) is 11.4 Å². The van der Waals surface area contributed by atoms with Gasteiger partial charge in [-0.25, -0.2) is 17.8 Å². The lowest BCUT2D eigenvalue weighted by molar-refractivity contribution is -0.137. The zero-order valence-corrected chi connectivity index (χ0v) is 16.7. The van der Waals surface area contributed by atoms with Gasteiger partial charge in [0.05, 0.1) is 21.6 Å².